The zero-order chi connectivity index (χ0) is 12.1. The smallest absolute Gasteiger partial charge is 0.303 e. The molecule has 0 fully saturated rings. The number of rotatable bonds is 4. The lowest BCUT2D eigenvalue weighted by Gasteiger charge is -2.02. The zero-order valence-corrected chi connectivity index (χ0v) is 8.84. The third-order valence-corrected chi connectivity index (χ3v) is 2.20. The second kappa shape index (κ2) is 5.39. The minimum absolute atomic E-state index is 0.0270. The van der Waals surface area contributed by atoms with Gasteiger partial charge in [-0.3, -0.25) is 4.79 Å². The molecule has 2 nitrogen and oxygen atoms in total. The van der Waals surface area contributed by atoms with Crippen LogP contribution in [0.3, 0.4) is 0 Å². The van der Waals surface area contributed by atoms with E-state index >= 15 is 0 Å². The fourth-order valence-corrected chi connectivity index (χ4v) is 1.26. The van der Waals surface area contributed by atoms with E-state index in [9.17, 15) is 13.6 Å². The fraction of sp³-hybridized carbons (Fsp3) is 0.250. The van der Waals surface area contributed by atoms with Crippen LogP contribution in [0.2, 0.25) is 0 Å². The molecule has 0 saturated carbocycles. The van der Waals surface area contributed by atoms with Gasteiger partial charge in [-0.25, -0.2) is 8.78 Å². The van der Waals surface area contributed by atoms with E-state index < -0.39 is 17.6 Å². The van der Waals surface area contributed by atoms with Gasteiger partial charge in [0.1, 0.15) is 0 Å². The third kappa shape index (κ3) is 3.15. The number of hydrogen-bond donors (Lipinski definition) is 1. The summed E-state index contributed by atoms with van der Waals surface area (Å²) in [6, 6.07) is 2.52. The summed E-state index contributed by atoms with van der Waals surface area (Å²) in [5.41, 5.74) is 0.788. The summed E-state index contributed by atoms with van der Waals surface area (Å²) in [4.78, 5) is 10.2. The van der Waals surface area contributed by atoms with Crippen LogP contribution in [-0.4, -0.2) is 11.1 Å². The summed E-state index contributed by atoms with van der Waals surface area (Å²) < 4.78 is 25.9. The van der Waals surface area contributed by atoms with Crippen molar-refractivity contribution in [3.63, 3.8) is 0 Å². The molecule has 1 aromatic rings. The van der Waals surface area contributed by atoms with Crippen molar-refractivity contribution in [1.82, 2.24) is 0 Å². The first kappa shape index (κ1) is 12.4. The second-order valence-electron chi connectivity index (χ2n) is 3.41. The van der Waals surface area contributed by atoms with Gasteiger partial charge in [0.2, 0.25) is 0 Å². The number of benzene rings is 1. The Bertz CT molecular complexity index is 425. The molecule has 1 N–H and O–H groups in total. The highest BCUT2D eigenvalue weighted by molar-refractivity contribution is 5.67. The van der Waals surface area contributed by atoms with Crippen molar-refractivity contribution in [2.45, 2.75) is 19.8 Å². The largest absolute Gasteiger partial charge is 0.481 e. The van der Waals surface area contributed by atoms with Crippen LogP contribution >= 0.6 is 0 Å². The van der Waals surface area contributed by atoms with E-state index in [1.165, 1.54) is 13.0 Å². The Kier molecular flexibility index (Phi) is 4.17. The molecular formula is C12H12F2O2. The van der Waals surface area contributed by atoms with Gasteiger partial charge in [0.05, 0.1) is 0 Å². The molecule has 0 unspecified atom stereocenters. The SMILES string of the molecule is Cc1c(C=CCCC(=O)O)ccc(F)c1F. The van der Waals surface area contributed by atoms with Crippen LogP contribution in [-0.2, 0) is 4.79 Å². The molecule has 0 bridgehead atoms. The van der Waals surface area contributed by atoms with Crippen LogP contribution in [0, 0.1) is 18.6 Å². The van der Waals surface area contributed by atoms with Crippen LogP contribution in [0.4, 0.5) is 8.78 Å². The summed E-state index contributed by atoms with van der Waals surface area (Å²) in [5.74, 6) is -2.62. The van der Waals surface area contributed by atoms with Gasteiger partial charge in [-0.15, -0.1) is 0 Å². The highest BCUT2D eigenvalue weighted by atomic mass is 19.2. The molecule has 86 valence electrons. The highest BCUT2D eigenvalue weighted by Gasteiger charge is 2.06. The van der Waals surface area contributed by atoms with Crippen LogP contribution in [0.5, 0.6) is 0 Å². The standard InChI is InChI=1S/C12H12F2O2/c1-8-9(4-2-3-5-11(15)16)6-7-10(13)12(8)14/h2,4,6-7H,3,5H2,1H3,(H,15,16). The first-order chi connectivity index (χ1) is 7.52. The van der Waals surface area contributed by atoms with Crippen molar-refractivity contribution in [2.75, 3.05) is 0 Å². The first-order valence-electron chi connectivity index (χ1n) is 4.85. The fourth-order valence-electron chi connectivity index (χ4n) is 1.26. The molecule has 0 spiro atoms. The maximum absolute atomic E-state index is 13.1. The van der Waals surface area contributed by atoms with Gasteiger partial charge in [0, 0.05) is 6.42 Å². The predicted octanol–water partition coefficient (Wildman–Crippen LogP) is 3.15. The molecule has 16 heavy (non-hydrogen) atoms. The van der Waals surface area contributed by atoms with Crippen LogP contribution in [0.15, 0.2) is 18.2 Å². The Morgan fingerprint density at radius 2 is 2.12 bits per heavy atom. The number of allylic oxidation sites excluding steroid dienone is 1. The number of carboxylic acids is 1. The number of aliphatic carboxylic acids is 1. The maximum atomic E-state index is 13.1. The number of carbonyl (C=O) groups is 1. The molecule has 1 rings (SSSR count). The van der Waals surface area contributed by atoms with Gasteiger partial charge in [-0.1, -0.05) is 18.2 Å². The monoisotopic (exact) mass is 226 g/mol. The first-order valence-corrected chi connectivity index (χ1v) is 4.85. The normalized spacial score (nSPS) is 10.9. The minimum atomic E-state index is -0.883. The molecule has 0 aliphatic rings. The van der Waals surface area contributed by atoms with Crippen LogP contribution in [0.25, 0.3) is 6.08 Å². The number of carboxylic acid groups (broad SMARTS) is 1. The van der Waals surface area contributed by atoms with Crippen molar-refractivity contribution in [2.24, 2.45) is 0 Å². The van der Waals surface area contributed by atoms with Crippen LogP contribution in [0.1, 0.15) is 24.0 Å². The molecule has 0 radical (unpaired) electrons. The zero-order valence-electron chi connectivity index (χ0n) is 8.84. The van der Waals surface area contributed by atoms with E-state index in [0.717, 1.165) is 6.07 Å². The second-order valence-corrected chi connectivity index (χ2v) is 3.41. The Balaban J connectivity index is 2.74. The molecule has 0 aromatic heterocycles. The molecule has 4 heteroatoms. The molecule has 1 aromatic carbocycles. The Morgan fingerprint density at radius 1 is 1.44 bits per heavy atom. The van der Waals surface area contributed by atoms with Gasteiger partial charge >= 0.3 is 5.97 Å². The summed E-state index contributed by atoms with van der Waals surface area (Å²) in [5, 5.41) is 8.40. The predicted molar refractivity (Wildman–Crippen MR) is 57.0 cm³/mol. The van der Waals surface area contributed by atoms with Crippen molar-refractivity contribution in [1.29, 1.82) is 0 Å². The van der Waals surface area contributed by atoms with Gasteiger partial charge in [0.15, 0.2) is 11.6 Å². The van der Waals surface area contributed by atoms with Crippen molar-refractivity contribution < 1.29 is 18.7 Å². The summed E-state index contributed by atoms with van der Waals surface area (Å²) in [6.07, 6.45) is 3.63. The summed E-state index contributed by atoms with van der Waals surface area (Å²) in [7, 11) is 0. The Labute approximate surface area is 92.2 Å². The van der Waals surface area contributed by atoms with E-state index in [-0.39, 0.29) is 12.0 Å². The van der Waals surface area contributed by atoms with Crippen LogP contribution < -0.4 is 0 Å². The maximum Gasteiger partial charge on any atom is 0.303 e. The van der Waals surface area contributed by atoms with Gasteiger partial charge in [-0.05, 0) is 30.5 Å². The van der Waals surface area contributed by atoms with Gasteiger partial charge in [-0.2, -0.15) is 0 Å². The summed E-state index contributed by atoms with van der Waals surface area (Å²) in [6.45, 7) is 1.48. The lowest BCUT2D eigenvalue weighted by Crippen LogP contribution is -1.93. The lowest BCUT2D eigenvalue weighted by atomic mass is 10.1. The number of halogens is 2. The number of hydrogen-bond acceptors (Lipinski definition) is 1. The van der Waals surface area contributed by atoms with E-state index in [2.05, 4.69) is 0 Å². The highest BCUT2D eigenvalue weighted by Crippen LogP contribution is 2.17. The Hall–Kier alpha value is -1.71. The van der Waals surface area contributed by atoms with Gasteiger partial charge in [0.25, 0.3) is 0 Å². The molecular weight excluding hydrogens is 214 g/mol. The molecule has 0 saturated heterocycles. The molecule has 0 heterocycles. The topological polar surface area (TPSA) is 37.3 Å². The Morgan fingerprint density at radius 3 is 2.75 bits per heavy atom. The minimum Gasteiger partial charge on any atom is -0.481 e. The average molecular weight is 226 g/mol. The third-order valence-electron chi connectivity index (χ3n) is 2.20. The molecule has 0 atom stereocenters. The van der Waals surface area contributed by atoms with Crippen molar-refractivity contribution in [3.05, 3.63) is 41.0 Å². The van der Waals surface area contributed by atoms with Crippen molar-refractivity contribution >= 4 is 12.0 Å². The quantitative estimate of drug-likeness (QED) is 0.856. The van der Waals surface area contributed by atoms with Gasteiger partial charge < -0.3 is 5.11 Å². The molecule has 0 aliphatic carbocycles. The van der Waals surface area contributed by atoms with Crippen molar-refractivity contribution in [3.8, 4) is 0 Å². The lowest BCUT2D eigenvalue weighted by molar-refractivity contribution is -0.136. The average Bonchev–Trinajstić information content (AvgIpc) is 2.23. The van der Waals surface area contributed by atoms with E-state index in [1.54, 1.807) is 12.2 Å². The van der Waals surface area contributed by atoms with E-state index in [0.29, 0.717) is 12.0 Å². The van der Waals surface area contributed by atoms with E-state index in [1.807, 2.05) is 0 Å². The molecule has 0 aliphatic heterocycles. The van der Waals surface area contributed by atoms with E-state index in [4.69, 9.17) is 5.11 Å². The summed E-state index contributed by atoms with van der Waals surface area (Å²) >= 11 is 0. The molecule has 0 amide bonds.